The predicted molar refractivity (Wildman–Crippen MR) is 126 cm³/mol. The first-order valence-corrected chi connectivity index (χ1v) is 12.1. The molecule has 0 bridgehead atoms. The van der Waals surface area contributed by atoms with Gasteiger partial charge >= 0.3 is 5.97 Å². The van der Waals surface area contributed by atoms with E-state index in [0.717, 1.165) is 54.3 Å². The van der Waals surface area contributed by atoms with E-state index in [9.17, 15) is 4.79 Å². The zero-order chi connectivity index (χ0) is 22.3. The molecule has 2 aromatic rings. The number of esters is 1. The quantitative estimate of drug-likeness (QED) is 0.302. The summed E-state index contributed by atoms with van der Waals surface area (Å²) >= 11 is 1.82. The zero-order valence-corrected chi connectivity index (χ0v) is 19.7. The van der Waals surface area contributed by atoms with Crippen molar-refractivity contribution >= 4 is 17.7 Å². The van der Waals surface area contributed by atoms with Gasteiger partial charge in [-0.2, -0.15) is 0 Å². The number of carbonyl (C=O) groups excluding carboxylic acids is 1. The van der Waals surface area contributed by atoms with Gasteiger partial charge in [-0.3, -0.25) is 0 Å². The molecule has 0 fully saturated rings. The minimum atomic E-state index is -0.363. The average molecular weight is 438 g/mol. The third kappa shape index (κ3) is 5.25. The Morgan fingerprint density at radius 3 is 2.65 bits per heavy atom. The van der Waals surface area contributed by atoms with Crippen LogP contribution in [0.1, 0.15) is 80.6 Å². The highest BCUT2D eigenvalue weighted by Crippen LogP contribution is 2.45. The van der Waals surface area contributed by atoms with E-state index < -0.39 is 0 Å². The third-order valence-electron chi connectivity index (χ3n) is 5.91. The largest absolute Gasteiger partial charge is 0.493 e. The highest BCUT2D eigenvalue weighted by Gasteiger charge is 2.35. The molecule has 0 saturated heterocycles. The van der Waals surface area contributed by atoms with E-state index in [1.54, 1.807) is 19.1 Å². The number of thioether (sulfide) groups is 1. The standard InChI is InChI=1S/C26H31NO3S/c1-5-15-31-24-17-23-22(26(6-2,7-3)13-14-30-23)16-19(24)9-11-21-12-10-20(18-27-21)25(28)29-8-4/h10,12,16-18H,5-8,13-15H2,1-4H3. The molecule has 0 radical (unpaired) electrons. The first-order chi connectivity index (χ1) is 15.1. The Morgan fingerprint density at radius 1 is 1.19 bits per heavy atom. The SMILES string of the molecule is CCCSc1cc2c(cc1C#Cc1ccc(C(=O)OCC)cn1)C(CC)(CC)CCO2. The molecule has 3 rings (SSSR count). The molecular weight excluding hydrogens is 406 g/mol. The van der Waals surface area contributed by atoms with Crippen LogP contribution in [0.2, 0.25) is 0 Å². The Hall–Kier alpha value is -2.45. The predicted octanol–water partition coefficient (Wildman–Crippen LogP) is 6.00. The summed E-state index contributed by atoms with van der Waals surface area (Å²) in [5.74, 6) is 8.20. The van der Waals surface area contributed by atoms with Crippen molar-refractivity contribution in [3.05, 3.63) is 52.8 Å². The molecule has 31 heavy (non-hydrogen) atoms. The van der Waals surface area contributed by atoms with E-state index in [2.05, 4.69) is 49.7 Å². The molecule has 1 aliphatic rings. The van der Waals surface area contributed by atoms with E-state index >= 15 is 0 Å². The first kappa shape index (κ1) is 23.2. The van der Waals surface area contributed by atoms with Crippen molar-refractivity contribution in [2.24, 2.45) is 0 Å². The summed E-state index contributed by atoms with van der Waals surface area (Å²) in [5, 5.41) is 0. The average Bonchev–Trinajstić information content (AvgIpc) is 2.81. The van der Waals surface area contributed by atoms with E-state index in [1.165, 1.54) is 11.8 Å². The van der Waals surface area contributed by atoms with Gasteiger partial charge in [0.05, 0.1) is 18.8 Å². The Balaban J connectivity index is 1.97. The maximum absolute atomic E-state index is 11.8. The second kappa shape index (κ2) is 10.7. The number of benzene rings is 1. The summed E-state index contributed by atoms with van der Waals surface area (Å²) in [6.45, 7) is 9.61. The van der Waals surface area contributed by atoms with Crippen molar-refractivity contribution in [3.8, 4) is 17.6 Å². The molecule has 1 aromatic heterocycles. The van der Waals surface area contributed by atoms with Crippen molar-refractivity contribution in [2.45, 2.75) is 63.7 Å². The van der Waals surface area contributed by atoms with Gasteiger partial charge in [-0.25, -0.2) is 9.78 Å². The van der Waals surface area contributed by atoms with Gasteiger partial charge in [0.15, 0.2) is 0 Å². The van der Waals surface area contributed by atoms with Crippen LogP contribution in [-0.4, -0.2) is 29.9 Å². The van der Waals surface area contributed by atoms with Crippen molar-refractivity contribution < 1.29 is 14.3 Å². The fourth-order valence-electron chi connectivity index (χ4n) is 3.93. The third-order valence-corrected chi connectivity index (χ3v) is 7.17. The number of nitrogens with zero attached hydrogens (tertiary/aromatic N) is 1. The Labute approximate surface area is 190 Å². The summed E-state index contributed by atoms with van der Waals surface area (Å²) in [4.78, 5) is 17.3. The molecule has 0 amide bonds. The second-order valence-corrected chi connectivity index (χ2v) is 8.82. The van der Waals surface area contributed by atoms with Crippen LogP contribution in [0.3, 0.4) is 0 Å². The van der Waals surface area contributed by atoms with Crippen LogP contribution in [0.4, 0.5) is 0 Å². The highest BCUT2D eigenvalue weighted by atomic mass is 32.2. The smallest absolute Gasteiger partial charge is 0.339 e. The minimum absolute atomic E-state index is 0.150. The zero-order valence-electron chi connectivity index (χ0n) is 18.9. The Bertz CT molecular complexity index is 969. The lowest BCUT2D eigenvalue weighted by molar-refractivity contribution is 0.0526. The van der Waals surface area contributed by atoms with Gasteiger partial charge < -0.3 is 9.47 Å². The maximum Gasteiger partial charge on any atom is 0.339 e. The molecule has 1 aromatic carbocycles. The minimum Gasteiger partial charge on any atom is -0.493 e. The number of hydrogen-bond donors (Lipinski definition) is 0. The van der Waals surface area contributed by atoms with Crippen molar-refractivity contribution in [1.82, 2.24) is 4.98 Å². The van der Waals surface area contributed by atoms with Gasteiger partial charge in [0.25, 0.3) is 0 Å². The van der Waals surface area contributed by atoms with Gasteiger partial charge in [0, 0.05) is 27.6 Å². The highest BCUT2D eigenvalue weighted by molar-refractivity contribution is 7.99. The molecule has 0 N–H and O–H groups in total. The van der Waals surface area contributed by atoms with Crippen LogP contribution in [0.5, 0.6) is 5.75 Å². The van der Waals surface area contributed by atoms with Crippen LogP contribution < -0.4 is 4.74 Å². The molecule has 4 nitrogen and oxygen atoms in total. The number of carbonyl (C=O) groups is 1. The molecule has 1 aliphatic heterocycles. The number of hydrogen-bond acceptors (Lipinski definition) is 5. The molecule has 2 heterocycles. The lowest BCUT2D eigenvalue weighted by Gasteiger charge is -2.38. The molecule has 0 saturated carbocycles. The molecule has 164 valence electrons. The van der Waals surface area contributed by atoms with Crippen LogP contribution in [0, 0.1) is 11.8 Å². The van der Waals surface area contributed by atoms with Gasteiger partial charge in [-0.1, -0.05) is 26.7 Å². The molecule has 0 atom stereocenters. The van der Waals surface area contributed by atoms with E-state index in [0.29, 0.717) is 17.9 Å². The van der Waals surface area contributed by atoms with Crippen LogP contribution in [-0.2, 0) is 10.2 Å². The van der Waals surface area contributed by atoms with Crippen molar-refractivity contribution in [1.29, 1.82) is 0 Å². The van der Waals surface area contributed by atoms with E-state index in [1.807, 2.05) is 11.8 Å². The van der Waals surface area contributed by atoms with Crippen molar-refractivity contribution in [3.63, 3.8) is 0 Å². The molecule has 0 spiro atoms. The molecule has 0 aliphatic carbocycles. The van der Waals surface area contributed by atoms with Crippen LogP contribution >= 0.6 is 11.8 Å². The molecular formula is C26H31NO3S. The summed E-state index contributed by atoms with van der Waals surface area (Å²) < 4.78 is 11.1. The summed E-state index contributed by atoms with van der Waals surface area (Å²) in [6, 6.07) is 7.89. The monoisotopic (exact) mass is 437 g/mol. The van der Waals surface area contributed by atoms with Gasteiger partial charge in [-0.05, 0) is 68.5 Å². The van der Waals surface area contributed by atoms with Gasteiger partial charge in [0.1, 0.15) is 11.4 Å². The van der Waals surface area contributed by atoms with Crippen molar-refractivity contribution in [2.75, 3.05) is 19.0 Å². The number of pyridine rings is 1. The van der Waals surface area contributed by atoms with Gasteiger partial charge in [-0.15, -0.1) is 11.8 Å². The summed E-state index contributed by atoms with van der Waals surface area (Å²) in [7, 11) is 0. The fourth-order valence-corrected chi connectivity index (χ4v) is 4.81. The molecule has 5 heteroatoms. The fraction of sp³-hybridized carbons (Fsp3) is 0.462. The van der Waals surface area contributed by atoms with Crippen LogP contribution in [0.15, 0.2) is 35.4 Å². The van der Waals surface area contributed by atoms with Crippen LogP contribution in [0.25, 0.3) is 0 Å². The lowest BCUT2D eigenvalue weighted by atomic mass is 9.71. The van der Waals surface area contributed by atoms with E-state index in [4.69, 9.17) is 9.47 Å². The maximum atomic E-state index is 11.8. The number of aromatic nitrogens is 1. The second-order valence-electron chi connectivity index (χ2n) is 7.68. The number of ether oxygens (including phenoxy) is 2. The lowest BCUT2D eigenvalue weighted by Crippen LogP contribution is -2.32. The Kier molecular flexibility index (Phi) is 8.03. The summed E-state index contributed by atoms with van der Waals surface area (Å²) in [5.41, 5.74) is 3.51. The summed E-state index contributed by atoms with van der Waals surface area (Å²) in [6.07, 6.45) is 5.84. The normalized spacial score (nSPS) is 14.1. The molecule has 0 unspecified atom stereocenters. The van der Waals surface area contributed by atoms with E-state index in [-0.39, 0.29) is 11.4 Å². The van der Waals surface area contributed by atoms with Gasteiger partial charge in [0.2, 0.25) is 0 Å². The number of rotatable bonds is 7. The first-order valence-electron chi connectivity index (χ1n) is 11.2. The topological polar surface area (TPSA) is 48.4 Å². The Morgan fingerprint density at radius 2 is 2.00 bits per heavy atom. The number of fused-ring (bicyclic) bond motifs is 1.